The van der Waals surface area contributed by atoms with Crippen LogP contribution in [-0.2, 0) is 10.0 Å². The van der Waals surface area contributed by atoms with Crippen LogP contribution >= 0.6 is 0 Å². The summed E-state index contributed by atoms with van der Waals surface area (Å²) < 4.78 is 27.5. The number of fused-ring (bicyclic) bond motifs is 1. The zero-order valence-electron chi connectivity index (χ0n) is 16.8. The normalized spacial score (nSPS) is 24.6. The van der Waals surface area contributed by atoms with E-state index in [0.29, 0.717) is 29.1 Å². The van der Waals surface area contributed by atoms with Crippen molar-refractivity contribution >= 4 is 21.6 Å². The van der Waals surface area contributed by atoms with E-state index >= 15 is 0 Å². The van der Waals surface area contributed by atoms with Gasteiger partial charge in [0.2, 0.25) is 0 Å². The molecule has 6 heteroatoms. The average molecular weight is 413 g/mol. The number of likely N-dealkylation sites (tertiary alicyclic amines) is 1. The van der Waals surface area contributed by atoms with Gasteiger partial charge in [0.1, 0.15) is 0 Å². The van der Waals surface area contributed by atoms with Crippen LogP contribution in [0.5, 0.6) is 0 Å². The standard InChI is InChI=1S/C23H28N2O3S/c1-17-15-16-25(22-10-6-5-9-21(17)22)23(26)18-11-13-19(14-12-18)24-29(27,28)20-7-3-2-4-8-20/h2-4,7-8,11-14,17,21-22,24H,5-6,9-10,15-16H2,1H3/t17-,21-,22-/m1/s1. The van der Waals surface area contributed by atoms with Crippen LogP contribution in [-0.4, -0.2) is 31.8 Å². The lowest BCUT2D eigenvalue weighted by Gasteiger charge is -2.47. The summed E-state index contributed by atoms with van der Waals surface area (Å²) in [7, 11) is -3.63. The second-order valence-electron chi connectivity index (χ2n) is 8.28. The Morgan fingerprint density at radius 3 is 2.38 bits per heavy atom. The maximum Gasteiger partial charge on any atom is 0.261 e. The number of nitrogens with one attached hydrogen (secondary N) is 1. The number of hydrogen-bond acceptors (Lipinski definition) is 3. The first-order valence-electron chi connectivity index (χ1n) is 10.4. The Labute approximate surface area is 173 Å². The molecule has 154 valence electrons. The second kappa shape index (κ2) is 8.19. The van der Waals surface area contributed by atoms with Crippen LogP contribution in [0.2, 0.25) is 0 Å². The number of amides is 1. The smallest absolute Gasteiger partial charge is 0.261 e. The number of sulfonamides is 1. The highest BCUT2D eigenvalue weighted by atomic mass is 32.2. The summed E-state index contributed by atoms with van der Waals surface area (Å²) in [5.41, 5.74) is 1.07. The Kier molecular flexibility index (Phi) is 5.63. The number of benzene rings is 2. The Bertz CT molecular complexity index is 957. The molecule has 0 aromatic heterocycles. The highest BCUT2D eigenvalue weighted by Crippen LogP contribution is 2.39. The maximum atomic E-state index is 13.2. The van der Waals surface area contributed by atoms with Gasteiger partial charge in [-0.1, -0.05) is 38.0 Å². The van der Waals surface area contributed by atoms with Gasteiger partial charge in [0.15, 0.2) is 0 Å². The van der Waals surface area contributed by atoms with Gasteiger partial charge in [0.25, 0.3) is 15.9 Å². The molecule has 1 saturated carbocycles. The van der Waals surface area contributed by atoms with Gasteiger partial charge in [0, 0.05) is 23.8 Å². The topological polar surface area (TPSA) is 66.5 Å². The Balaban J connectivity index is 1.48. The first-order chi connectivity index (χ1) is 14.0. The Hall–Kier alpha value is -2.34. The van der Waals surface area contributed by atoms with E-state index in [0.717, 1.165) is 19.4 Å². The molecule has 1 aliphatic heterocycles. The minimum absolute atomic E-state index is 0.0614. The van der Waals surface area contributed by atoms with E-state index in [-0.39, 0.29) is 10.8 Å². The van der Waals surface area contributed by atoms with Gasteiger partial charge < -0.3 is 4.90 Å². The molecule has 0 radical (unpaired) electrons. The van der Waals surface area contributed by atoms with Crippen molar-refractivity contribution in [3.05, 3.63) is 60.2 Å². The molecule has 4 rings (SSSR count). The fourth-order valence-corrected chi connectivity index (χ4v) is 5.91. The molecule has 0 spiro atoms. The molecule has 1 heterocycles. The second-order valence-corrected chi connectivity index (χ2v) is 9.96. The van der Waals surface area contributed by atoms with Crippen LogP contribution in [0.15, 0.2) is 59.5 Å². The van der Waals surface area contributed by atoms with Gasteiger partial charge in [0.05, 0.1) is 4.90 Å². The van der Waals surface area contributed by atoms with E-state index in [9.17, 15) is 13.2 Å². The van der Waals surface area contributed by atoms with Crippen molar-refractivity contribution in [2.45, 2.75) is 50.0 Å². The maximum absolute atomic E-state index is 13.2. The Morgan fingerprint density at radius 2 is 1.66 bits per heavy atom. The van der Waals surface area contributed by atoms with Crippen LogP contribution in [0, 0.1) is 11.8 Å². The van der Waals surface area contributed by atoms with Crippen molar-refractivity contribution in [1.29, 1.82) is 0 Å². The van der Waals surface area contributed by atoms with Gasteiger partial charge in [-0.3, -0.25) is 9.52 Å². The third-order valence-electron chi connectivity index (χ3n) is 6.44. The molecule has 1 N–H and O–H groups in total. The van der Waals surface area contributed by atoms with Gasteiger partial charge in [-0.15, -0.1) is 0 Å². The molecule has 2 aliphatic rings. The van der Waals surface area contributed by atoms with Crippen molar-refractivity contribution in [3.8, 4) is 0 Å². The number of nitrogens with zero attached hydrogens (tertiary/aromatic N) is 1. The third kappa shape index (κ3) is 4.17. The minimum atomic E-state index is -3.63. The van der Waals surface area contributed by atoms with Gasteiger partial charge in [-0.25, -0.2) is 8.42 Å². The van der Waals surface area contributed by atoms with E-state index < -0.39 is 10.0 Å². The number of hydrogen-bond donors (Lipinski definition) is 1. The number of carbonyl (C=O) groups is 1. The quantitative estimate of drug-likeness (QED) is 0.802. The molecule has 2 aromatic carbocycles. The fourth-order valence-electron chi connectivity index (χ4n) is 4.83. The van der Waals surface area contributed by atoms with Crippen molar-refractivity contribution in [2.24, 2.45) is 11.8 Å². The number of rotatable bonds is 4. The lowest BCUT2D eigenvalue weighted by Crippen LogP contribution is -2.52. The van der Waals surface area contributed by atoms with Crippen molar-refractivity contribution in [1.82, 2.24) is 4.90 Å². The highest BCUT2D eigenvalue weighted by molar-refractivity contribution is 7.92. The molecule has 2 aromatic rings. The van der Waals surface area contributed by atoms with Gasteiger partial charge in [-0.05, 0) is 67.5 Å². The number of anilines is 1. The molecule has 0 unspecified atom stereocenters. The van der Waals surface area contributed by atoms with Crippen molar-refractivity contribution in [3.63, 3.8) is 0 Å². The summed E-state index contributed by atoms with van der Waals surface area (Å²) in [6.07, 6.45) is 5.83. The van der Waals surface area contributed by atoms with Crippen LogP contribution in [0.1, 0.15) is 49.4 Å². The summed E-state index contributed by atoms with van der Waals surface area (Å²) >= 11 is 0. The van der Waals surface area contributed by atoms with E-state index in [1.165, 1.54) is 19.3 Å². The van der Waals surface area contributed by atoms with Crippen molar-refractivity contribution < 1.29 is 13.2 Å². The van der Waals surface area contributed by atoms with E-state index in [4.69, 9.17) is 0 Å². The zero-order chi connectivity index (χ0) is 20.4. The summed E-state index contributed by atoms with van der Waals surface area (Å²) in [5, 5.41) is 0. The average Bonchev–Trinajstić information content (AvgIpc) is 2.75. The Morgan fingerprint density at radius 1 is 0.966 bits per heavy atom. The largest absolute Gasteiger partial charge is 0.335 e. The van der Waals surface area contributed by atoms with Gasteiger partial charge >= 0.3 is 0 Å². The number of carbonyl (C=O) groups excluding carboxylic acids is 1. The van der Waals surface area contributed by atoms with Crippen LogP contribution in [0.25, 0.3) is 0 Å². The minimum Gasteiger partial charge on any atom is -0.335 e. The van der Waals surface area contributed by atoms with E-state index in [1.807, 2.05) is 0 Å². The van der Waals surface area contributed by atoms with Crippen molar-refractivity contribution in [2.75, 3.05) is 11.3 Å². The molecule has 3 atom stereocenters. The summed E-state index contributed by atoms with van der Waals surface area (Å²) in [6, 6.07) is 15.4. The first-order valence-corrected chi connectivity index (χ1v) is 11.9. The molecule has 2 fully saturated rings. The lowest BCUT2D eigenvalue weighted by atomic mass is 9.72. The number of piperidine rings is 1. The molecule has 1 saturated heterocycles. The van der Waals surface area contributed by atoms with E-state index in [2.05, 4.69) is 16.5 Å². The van der Waals surface area contributed by atoms with Crippen LogP contribution in [0.4, 0.5) is 5.69 Å². The molecule has 29 heavy (non-hydrogen) atoms. The van der Waals surface area contributed by atoms with E-state index in [1.54, 1.807) is 54.6 Å². The summed E-state index contributed by atoms with van der Waals surface area (Å²) in [6.45, 7) is 3.13. The summed E-state index contributed by atoms with van der Waals surface area (Å²) in [5.74, 6) is 1.35. The predicted molar refractivity (Wildman–Crippen MR) is 114 cm³/mol. The monoisotopic (exact) mass is 412 g/mol. The van der Waals surface area contributed by atoms with Crippen LogP contribution < -0.4 is 4.72 Å². The predicted octanol–water partition coefficient (Wildman–Crippen LogP) is 4.53. The third-order valence-corrected chi connectivity index (χ3v) is 7.83. The van der Waals surface area contributed by atoms with Crippen LogP contribution in [0.3, 0.4) is 0 Å². The highest BCUT2D eigenvalue weighted by Gasteiger charge is 2.39. The molecule has 1 aliphatic carbocycles. The zero-order valence-corrected chi connectivity index (χ0v) is 17.6. The molecule has 0 bridgehead atoms. The molecule has 5 nitrogen and oxygen atoms in total. The fraction of sp³-hybridized carbons (Fsp3) is 0.435. The first kappa shape index (κ1) is 20.0. The van der Waals surface area contributed by atoms with Gasteiger partial charge in [-0.2, -0.15) is 0 Å². The molecule has 1 amide bonds. The summed E-state index contributed by atoms with van der Waals surface area (Å²) in [4.78, 5) is 15.4. The molecular formula is C23H28N2O3S. The SMILES string of the molecule is C[C@@H]1CCN(C(=O)c2ccc(NS(=O)(=O)c3ccccc3)cc2)[C@@H]2CCCC[C@H]12. The molecular weight excluding hydrogens is 384 g/mol. The lowest BCUT2D eigenvalue weighted by molar-refractivity contribution is 0.0218.